The fourth-order valence-corrected chi connectivity index (χ4v) is 3.59. The van der Waals surface area contributed by atoms with Crippen molar-refractivity contribution < 1.29 is 4.92 Å². The van der Waals surface area contributed by atoms with Crippen molar-refractivity contribution in [3.8, 4) is 0 Å². The van der Waals surface area contributed by atoms with Crippen LogP contribution in [0.4, 0.5) is 5.69 Å². The first kappa shape index (κ1) is 17.7. The van der Waals surface area contributed by atoms with E-state index in [-0.39, 0.29) is 10.6 Å². The third-order valence-corrected chi connectivity index (χ3v) is 6.52. The van der Waals surface area contributed by atoms with Crippen LogP contribution in [0.1, 0.15) is 12.5 Å². The molecule has 1 heterocycles. The number of benzene rings is 1. The second kappa shape index (κ2) is 8.26. The molecule has 0 spiro atoms. The highest BCUT2D eigenvalue weighted by Crippen LogP contribution is 2.37. The SMILES string of the molecule is CC(CI)Cc1cnc(Sc2ccccc2Br)c([N+](=O)[O-])c1. The molecule has 1 unspecified atom stereocenters. The fraction of sp³-hybridized carbons (Fsp3) is 0.267. The maximum atomic E-state index is 11.3. The molecule has 2 rings (SSSR count). The summed E-state index contributed by atoms with van der Waals surface area (Å²) >= 11 is 7.08. The van der Waals surface area contributed by atoms with Crippen LogP contribution in [0.5, 0.6) is 0 Å². The van der Waals surface area contributed by atoms with E-state index in [1.54, 1.807) is 12.3 Å². The largest absolute Gasteiger partial charge is 0.301 e. The zero-order valence-electron chi connectivity index (χ0n) is 11.8. The number of nitrogens with zero attached hydrogens (tertiary/aromatic N) is 2. The van der Waals surface area contributed by atoms with Crippen LogP contribution < -0.4 is 0 Å². The molecule has 0 saturated heterocycles. The van der Waals surface area contributed by atoms with Crippen LogP contribution in [0.2, 0.25) is 0 Å². The highest BCUT2D eigenvalue weighted by Gasteiger charge is 2.19. The van der Waals surface area contributed by atoms with Gasteiger partial charge < -0.3 is 0 Å². The van der Waals surface area contributed by atoms with E-state index >= 15 is 0 Å². The lowest BCUT2D eigenvalue weighted by atomic mass is 10.0. The number of aromatic nitrogens is 1. The van der Waals surface area contributed by atoms with Gasteiger partial charge in [-0.1, -0.05) is 53.4 Å². The van der Waals surface area contributed by atoms with Crippen LogP contribution in [0.3, 0.4) is 0 Å². The van der Waals surface area contributed by atoms with Crippen molar-refractivity contribution in [2.75, 3.05) is 4.43 Å². The molecule has 1 aromatic carbocycles. The molecule has 0 bridgehead atoms. The minimum absolute atomic E-state index is 0.0684. The van der Waals surface area contributed by atoms with Gasteiger partial charge in [0.15, 0.2) is 5.03 Å². The topological polar surface area (TPSA) is 56.0 Å². The monoisotopic (exact) mass is 492 g/mol. The van der Waals surface area contributed by atoms with Crippen LogP contribution in [0.15, 0.2) is 50.9 Å². The third-order valence-electron chi connectivity index (χ3n) is 2.98. The average molecular weight is 493 g/mol. The lowest BCUT2D eigenvalue weighted by Crippen LogP contribution is -2.03. The third kappa shape index (κ3) is 4.66. The smallest absolute Gasteiger partial charge is 0.258 e. The second-order valence-electron chi connectivity index (χ2n) is 4.92. The van der Waals surface area contributed by atoms with E-state index in [2.05, 4.69) is 50.4 Å². The van der Waals surface area contributed by atoms with Gasteiger partial charge in [0.2, 0.25) is 0 Å². The van der Waals surface area contributed by atoms with Gasteiger partial charge in [-0.3, -0.25) is 10.1 Å². The van der Waals surface area contributed by atoms with E-state index in [0.29, 0.717) is 10.9 Å². The second-order valence-corrected chi connectivity index (χ2v) is 7.69. The van der Waals surface area contributed by atoms with Crippen LogP contribution >= 0.6 is 50.3 Å². The molecule has 22 heavy (non-hydrogen) atoms. The van der Waals surface area contributed by atoms with Crippen LogP contribution in [-0.4, -0.2) is 14.3 Å². The molecule has 0 aliphatic rings. The maximum absolute atomic E-state index is 11.3. The molecule has 4 nitrogen and oxygen atoms in total. The summed E-state index contributed by atoms with van der Waals surface area (Å²) in [4.78, 5) is 16.2. The molecule has 2 aromatic rings. The molecule has 1 aromatic heterocycles. The maximum Gasteiger partial charge on any atom is 0.301 e. The van der Waals surface area contributed by atoms with Gasteiger partial charge >= 0.3 is 5.69 Å². The molecule has 0 amide bonds. The Morgan fingerprint density at radius 1 is 1.45 bits per heavy atom. The Bertz CT molecular complexity index is 684. The standard InChI is InChI=1S/C15H14BrIN2O2S/c1-10(8-17)6-11-7-13(19(20)21)15(18-9-11)22-14-5-3-2-4-12(14)16/h2-5,7,9-10H,6,8H2,1H3. The Morgan fingerprint density at radius 2 is 2.18 bits per heavy atom. The van der Waals surface area contributed by atoms with E-state index in [4.69, 9.17) is 0 Å². The van der Waals surface area contributed by atoms with Crippen molar-refractivity contribution in [2.24, 2.45) is 5.92 Å². The minimum Gasteiger partial charge on any atom is -0.258 e. The summed E-state index contributed by atoms with van der Waals surface area (Å²) < 4.78 is 1.91. The van der Waals surface area contributed by atoms with Gasteiger partial charge in [-0.25, -0.2) is 4.98 Å². The summed E-state index contributed by atoms with van der Waals surface area (Å²) in [7, 11) is 0. The van der Waals surface area contributed by atoms with E-state index in [1.165, 1.54) is 11.8 Å². The average Bonchev–Trinajstić information content (AvgIpc) is 2.50. The van der Waals surface area contributed by atoms with Crippen molar-refractivity contribution in [1.29, 1.82) is 0 Å². The number of nitro groups is 1. The molecule has 0 aliphatic carbocycles. The molecule has 0 saturated carbocycles. The molecule has 1 atom stereocenters. The van der Waals surface area contributed by atoms with E-state index in [1.807, 2.05) is 24.3 Å². The molecular formula is C15H14BrIN2O2S. The number of hydrogen-bond donors (Lipinski definition) is 0. The minimum atomic E-state index is -0.357. The fourth-order valence-electron chi connectivity index (χ4n) is 1.89. The summed E-state index contributed by atoms with van der Waals surface area (Å²) in [6.45, 7) is 2.13. The Labute approximate surface area is 155 Å². The van der Waals surface area contributed by atoms with E-state index in [9.17, 15) is 10.1 Å². The molecule has 0 aliphatic heterocycles. The zero-order valence-corrected chi connectivity index (χ0v) is 16.4. The van der Waals surface area contributed by atoms with E-state index in [0.717, 1.165) is 25.8 Å². The Hall–Kier alpha value is -0.670. The number of alkyl halides is 1. The summed E-state index contributed by atoms with van der Waals surface area (Å²) in [5.74, 6) is 0.476. The normalized spacial score (nSPS) is 12.1. The molecular weight excluding hydrogens is 479 g/mol. The Balaban J connectivity index is 2.31. The lowest BCUT2D eigenvalue weighted by Gasteiger charge is -2.09. The summed E-state index contributed by atoms with van der Waals surface area (Å²) in [6.07, 6.45) is 2.55. The highest BCUT2D eigenvalue weighted by atomic mass is 127. The zero-order chi connectivity index (χ0) is 16.1. The van der Waals surface area contributed by atoms with Gasteiger partial charge in [0, 0.05) is 26.1 Å². The van der Waals surface area contributed by atoms with Gasteiger partial charge in [-0.05, 0) is 46.0 Å². The molecule has 0 fully saturated rings. The van der Waals surface area contributed by atoms with Crippen molar-refractivity contribution >= 4 is 56.0 Å². The Kier molecular flexibility index (Phi) is 6.64. The van der Waals surface area contributed by atoms with Gasteiger partial charge in [0.05, 0.1) is 4.92 Å². The van der Waals surface area contributed by atoms with Crippen molar-refractivity contribution in [3.63, 3.8) is 0 Å². The molecule has 0 radical (unpaired) electrons. The highest BCUT2D eigenvalue weighted by molar-refractivity contribution is 14.1. The molecule has 116 valence electrons. The van der Waals surface area contributed by atoms with Crippen LogP contribution in [0.25, 0.3) is 0 Å². The number of rotatable bonds is 6. The van der Waals surface area contributed by atoms with Crippen molar-refractivity contribution in [3.05, 3.63) is 56.7 Å². The van der Waals surface area contributed by atoms with Crippen LogP contribution in [-0.2, 0) is 6.42 Å². The van der Waals surface area contributed by atoms with Crippen molar-refractivity contribution in [2.45, 2.75) is 23.3 Å². The summed E-state index contributed by atoms with van der Waals surface area (Å²) in [6, 6.07) is 9.27. The lowest BCUT2D eigenvalue weighted by molar-refractivity contribution is -0.388. The molecule has 0 N–H and O–H groups in total. The Morgan fingerprint density at radius 3 is 2.82 bits per heavy atom. The number of halogens is 2. The van der Waals surface area contributed by atoms with Gasteiger partial charge in [-0.15, -0.1) is 0 Å². The van der Waals surface area contributed by atoms with Crippen molar-refractivity contribution in [1.82, 2.24) is 4.98 Å². The van der Waals surface area contributed by atoms with Gasteiger partial charge in [0.1, 0.15) is 0 Å². The summed E-state index contributed by atoms with van der Waals surface area (Å²) in [5.41, 5.74) is 0.978. The summed E-state index contributed by atoms with van der Waals surface area (Å²) in [5, 5.41) is 11.8. The van der Waals surface area contributed by atoms with Gasteiger partial charge in [0.25, 0.3) is 0 Å². The number of hydrogen-bond acceptors (Lipinski definition) is 4. The predicted octanol–water partition coefficient (Wildman–Crippen LogP) is 5.52. The first-order valence-corrected chi connectivity index (χ1v) is 9.76. The van der Waals surface area contributed by atoms with Crippen LogP contribution in [0, 0.1) is 16.0 Å². The molecule has 7 heteroatoms. The predicted molar refractivity (Wildman–Crippen MR) is 101 cm³/mol. The first-order chi connectivity index (χ1) is 10.5. The number of pyridine rings is 1. The quantitative estimate of drug-likeness (QED) is 0.230. The first-order valence-electron chi connectivity index (χ1n) is 6.63. The van der Waals surface area contributed by atoms with E-state index < -0.39 is 0 Å². The van der Waals surface area contributed by atoms with Gasteiger partial charge in [-0.2, -0.15) is 0 Å².